The lowest BCUT2D eigenvalue weighted by Gasteiger charge is -2.32. The Bertz CT molecular complexity index is 585. The summed E-state index contributed by atoms with van der Waals surface area (Å²) in [6, 6.07) is 8.63. The molecule has 1 aliphatic carbocycles. The number of nitrogens with zero attached hydrogens (tertiary/aromatic N) is 1. The smallest absolute Gasteiger partial charge is 0.234 e. The molecule has 0 spiro atoms. The first-order valence-corrected chi connectivity index (χ1v) is 8.81. The minimum Gasteiger partial charge on any atom is -0.337 e. The van der Waals surface area contributed by atoms with E-state index in [0.717, 1.165) is 37.0 Å². The van der Waals surface area contributed by atoms with Gasteiger partial charge < -0.3 is 5.32 Å². The van der Waals surface area contributed by atoms with Crippen molar-refractivity contribution in [1.29, 1.82) is 5.26 Å². The molecule has 0 aromatic heterocycles. The second-order valence-electron chi connectivity index (χ2n) is 6.27. The number of hydrogen-bond acceptors (Lipinski definition) is 3. The van der Waals surface area contributed by atoms with Crippen LogP contribution < -0.4 is 5.32 Å². The summed E-state index contributed by atoms with van der Waals surface area (Å²) in [6.45, 7) is 6.03. The van der Waals surface area contributed by atoms with E-state index in [-0.39, 0.29) is 11.2 Å². The van der Waals surface area contributed by atoms with Gasteiger partial charge in [0.2, 0.25) is 5.91 Å². The second-order valence-corrected chi connectivity index (χ2v) is 7.66. The Labute approximate surface area is 137 Å². The molecule has 1 aromatic rings. The van der Waals surface area contributed by atoms with Crippen LogP contribution in [0.25, 0.3) is 0 Å². The summed E-state index contributed by atoms with van der Waals surface area (Å²) in [5.41, 5.74) is 1.73. The van der Waals surface area contributed by atoms with Crippen LogP contribution >= 0.6 is 11.8 Å². The van der Waals surface area contributed by atoms with Crippen molar-refractivity contribution in [3.63, 3.8) is 0 Å². The molecule has 1 amide bonds. The van der Waals surface area contributed by atoms with E-state index in [1.165, 1.54) is 11.1 Å². The predicted octanol–water partition coefficient (Wildman–Crippen LogP) is 4.13. The van der Waals surface area contributed by atoms with Crippen molar-refractivity contribution >= 4 is 17.7 Å². The number of carbonyl (C=O) groups is 1. The number of amides is 1. The van der Waals surface area contributed by atoms with Gasteiger partial charge in [-0.2, -0.15) is 5.26 Å². The topological polar surface area (TPSA) is 52.9 Å². The fourth-order valence-electron chi connectivity index (χ4n) is 2.84. The second kappa shape index (κ2) is 7.19. The first-order chi connectivity index (χ1) is 10.5. The highest BCUT2D eigenvalue weighted by molar-refractivity contribution is 8.00. The zero-order valence-electron chi connectivity index (χ0n) is 13.6. The van der Waals surface area contributed by atoms with E-state index < -0.39 is 5.54 Å². The molecule has 22 heavy (non-hydrogen) atoms. The van der Waals surface area contributed by atoms with Crippen molar-refractivity contribution in [2.75, 3.05) is 0 Å². The lowest BCUT2D eigenvalue weighted by molar-refractivity contribution is -0.121. The third kappa shape index (κ3) is 4.04. The quantitative estimate of drug-likeness (QED) is 0.850. The van der Waals surface area contributed by atoms with Crippen LogP contribution in [0.5, 0.6) is 0 Å². The predicted molar refractivity (Wildman–Crippen MR) is 90.8 cm³/mol. The maximum Gasteiger partial charge on any atom is 0.234 e. The summed E-state index contributed by atoms with van der Waals surface area (Å²) in [5, 5.41) is 12.3. The highest BCUT2D eigenvalue weighted by Crippen LogP contribution is 2.30. The van der Waals surface area contributed by atoms with Gasteiger partial charge in [-0.05, 0) is 45.2 Å². The van der Waals surface area contributed by atoms with Gasteiger partial charge in [0.25, 0.3) is 0 Å². The molecule has 0 aliphatic heterocycles. The van der Waals surface area contributed by atoms with Crippen molar-refractivity contribution in [1.82, 2.24) is 5.32 Å². The van der Waals surface area contributed by atoms with Crippen LogP contribution in [-0.2, 0) is 4.79 Å². The Balaban J connectivity index is 2.03. The maximum atomic E-state index is 12.5. The number of hydrogen-bond donors (Lipinski definition) is 1. The molecule has 3 nitrogen and oxygen atoms in total. The van der Waals surface area contributed by atoms with Crippen LogP contribution in [0.15, 0.2) is 23.1 Å². The number of thioether (sulfide) groups is 1. The minimum absolute atomic E-state index is 0.0330. The molecule has 1 unspecified atom stereocenters. The molecule has 1 N–H and O–H groups in total. The molecule has 4 heteroatoms. The summed E-state index contributed by atoms with van der Waals surface area (Å²) < 4.78 is 0. The van der Waals surface area contributed by atoms with Gasteiger partial charge in [0.05, 0.1) is 11.3 Å². The molecular formula is C18H24N2OS. The Morgan fingerprint density at radius 1 is 1.32 bits per heavy atom. The molecule has 0 bridgehead atoms. The average molecular weight is 316 g/mol. The third-order valence-corrected chi connectivity index (χ3v) is 5.56. The first-order valence-electron chi connectivity index (χ1n) is 7.93. The van der Waals surface area contributed by atoms with Crippen LogP contribution in [0.3, 0.4) is 0 Å². The Kier molecular flexibility index (Phi) is 5.52. The first kappa shape index (κ1) is 16.9. The van der Waals surface area contributed by atoms with Gasteiger partial charge >= 0.3 is 0 Å². The largest absolute Gasteiger partial charge is 0.337 e. The molecule has 1 fully saturated rings. The van der Waals surface area contributed by atoms with E-state index in [0.29, 0.717) is 0 Å². The van der Waals surface area contributed by atoms with Crippen molar-refractivity contribution < 1.29 is 4.79 Å². The maximum absolute atomic E-state index is 12.5. The average Bonchev–Trinajstić information content (AvgIpc) is 2.51. The lowest BCUT2D eigenvalue weighted by Crippen LogP contribution is -2.50. The van der Waals surface area contributed by atoms with E-state index in [9.17, 15) is 10.1 Å². The van der Waals surface area contributed by atoms with Crippen molar-refractivity contribution in [2.45, 2.75) is 68.6 Å². The number of nitriles is 1. The molecule has 118 valence electrons. The molecule has 1 atom stereocenters. The van der Waals surface area contributed by atoms with E-state index in [2.05, 4.69) is 43.4 Å². The lowest BCUT2D eigenvalue weighted by atomic mass is 9.83. The van der Waals surface area contributed by atoms with Crippen LogP contribution in [0, 0.1) is 25.2 Å². The third-order valence-electron chi connectivity index (χ3n) is 4.30. The summed E-state index contributed by atoms with van der Waals surface area (Å²) >= 11 is 1.57. The Morgan fingerprint density at radius 2 is 2.00 bits per heavy atom. The number of carbonyl (C=O) groups excluding carboxylic acids is 1. The number of rotatable bonds is 4. The Hall–Kier alpha value is -1.47. The van der Waals surface area contributed by atoms with Crippen LogP contribution in [0.2, 0.25) is 0 Å². The number of aryl methyl sites for hydroxylation is 2. The van der Waals surface area contributed by atoms with Crippen molar-refractivity contribution in [3.05, 3.63) is 29.3 Å². The van der Waals surface area contributed by atoms with Gasteiger partial charge in [-0.1, -0.05) is 37.0 Å². The standard InChI is InChI=1S/C18H24N2OS/c1-13-7-8-14(2)16(11-13)22-15(3)17(21)20-18(12-19)9-5-4-6-10-18/h7-8,11,15H,4-6,9-10H2,1-3H3,(H,20,21). The monoisotopic (exact) mass is 316 g/mol. The molecule has 0 radical (unpaired) electrons. The van der Waals surface area contributed by atoms with E-state index >= 15 is 0 Å². The van der Waals surface area contributed by atoms with Crippen LogP contribution in [0.4, 0.5) is 0 Å². The van der Waals surface area contributed by atoms with Gasteiger partial charge in [-0.25, -0.2) is 0 Å². The highest BCUT2D eigenvalue weighted by atomic mass is 32.2. The van der Waals surface area contributed by atoms with Crippen molar-refractivity contribution in [2.24, 2.45) is 0 Å². The fraction of sp³-hybridized carbons (Fsp3) is 0.556. The van der Waals surface area contributed by atoms with E-state index in [1.807, 2.05) is 6.92 Å². The molecule has 0 heterocycles. The fourth-order valence-corrected chi connectivity index (χ4v) is 3.89. The molecule has 1 aliphatic rings. The van der Waals surface area contributed by atoms with Gasteiger partial charge in [-0.3, -0.25) is 4.79 Å². The van der Waals surface area contributed by atoms with Gasteiger partial charge in [0, 0.05) is 4.90 Å². The molecule has 2 rings (SSSR count). The molecular weight excluding hydrogens is 292 g/mol. The SMILES string of the molecule is Cc1ccc(C)c(SC(C)C(=O)NC2(C#N)CCCCC2)c1. The van der Waals surface area contributed by atoms with Crippen LogP contribution in [-0.4, -0.2) is 16.7 Å². The number of benzene rings is 1. The molecule has 1 aromatic carbocycles. The summed E-state index contributed by atoms with van der Waals surface area (Å²) in [7, 11) is 0. The van der Waals surface area contributed by atoms with Gasteiger partial charge in [-0.15, -0.1) is 11.8 Å². The van der Waals surface area contributed by atoms with Gasteiger partial charge in [0.15, 0.2) is 0 Å². The summed E-state index contributed by atoms with van der Waals surface area (Å²) in [4.78, 5) is 13.6. The minimum atomic E-state index is -0.647. The van der Waals surface area contributed by atoms with Crippen molar-refractivity contribution in [3.8, 4) is 6.07 Å². The molecule has 0 saturated heterocycles. The zero-order chi connectivity index (χ0) is 16.2. The highest BCUT2D eigenvalue weighted by Gasteiger charge is 2.34. The molecule has 1 saturated carbocycles. The van der Waals surface area contributed by atoms with Gasteiger partial charge in [0.1, 0.15) is 5.54 Å². The summed E-state index contributed by atoms with van der Waals surface area (Å²) in [6.07, 6.45) is 4.75. The normalized spacial score (nSPS) is 18.3. The Morgan fingerprint density at radius 3 is 2.64 bits per heavy atom. The van der Waals surface area contributed by atoms with E-state index in [1.54, 1.807) is 11.8 Å². The summed E-state index contributed by atoms with van der Waals surface area (Å²) in [5.74, 6) is -0.0330. The zero-order valence-corrected chi connectivity index (χ0v) is 14.4. The van der Waals surface area contributed by atoms with Crippen LogP contribution in [0.1, 0.15) is 50.2 Å². The van der Waals surface area contributed by atoms with E-state index in [4.69, 9.17) is 0 Å². The number of nitrogens with one attached hydrogen (secondary N) is 1.